The zero-order chi connectivity index (χ0) is 14.4. The second-order valence-electron chi connectivity index (χ2n) is 5.18. The minimum absolute atomic E-state index is 0.193. The molecule has 7 heteroatoms. The van der Waals surface area contributed by atoms with Gasteiger partial charge in [-0.25, -0.2) is 9.69 Å². The Morgan fingerprint density at radius 2 is 2.45 bits per heavy atom. The van der Waals surface area contributed by atoms with Gasteiger partial charge in [-0.2, -0.15) is 0 Å². The van der Waals surface area contributed by atoms with Gasteiger partial charge in [-0.1, -0.05) is 0 Å². The summed E-state index contributed by atoms with van der Waals surface area (Å²) in [5, 5.41) is 3.42. The van der Waals surface area contributed by atoms with E-state index in [1.54, 1.807) is 7.11 Å². The normalized spacial score (nSPS) is 22.6. The molecule has 2 rings (SSSR count). The predicted octanol–water partition coefficient (Wildman–Crippen LogP) is -0.334. The van der Waals surface area contributed by atoms with Gasteiger partial charge < -0.3 is 14.8 Å². The van der Waals surface area contributed by atoms with E-state index in [1.807, 2.05) is 4.90 Å². The number of nitrogens with zero attached hydrogens (tertiary/aromatic N) is 2. The van der Waals surface area contributed by atoms with E-state index in [9.17, 15) is 9.59 Å². The van der Waals surface area contributed by atoms with Crippen molar-refractivity contribution in [3.05, 3.63) is 0 Å². The summed E-state index contributed by atoms with van der Waals surface area (Å²) in [6, 6.07) is 0.421. The number of carbonyl (C=O) groups is 2. The lowest BCUT2D eigenvalue weighted by Gasteiger charge is -2.25. The van der Waals surface area contributed by atoms with E-state index in [-0.39, 0.29) is 12.5 Å². The summed E-state index contributed by atoms with van der Waals surface area (Å²) in [5.41, 5.74) is 0. The van der Waals surface area contributed by atoms with Crippen LogP contribution in [-0.2, 0) is 14.3 Å². The van der Waals surface area contributed by atoms with Crippen LogP contribution >= 0.6 is 0 Å². The molecule has 20 heavy (non-hydrogen) atoms. The molecule has 114 valence electrons. The Balaban J connectivity index is 1.84. The summed E-state index contributed by atoms with van der Waals surface area (Å²) in [4.78, 5) is 26.7. The standard InChI is InChI=1S/C13H23N3O4/c1-19-7-5-15(9-11-3-2-4-14-11)10-12(17)16-6-8-20-13(16)18/h11,14H,2-10H2,1H3. The van der Waals surface area contributed by atoms with Crippen LogP contribution in [0.1, 0.15) is 12.8 Å². The molecule has 1 atom stereocenters. The molecule has 0 aromatic rings. The molecule has 1 unspecified atom stereocenters. The maximum Gasteiger partial charge on any atom is 0.416 e. The van der Waals surface area contributed by atoms with Gasteiger partial charge in [0.1, 0.15) is 6.61 Å². The first-order valence-electron chi connectivity index (χ1n) is 7.12. The van der Waals surface area contributed by atoms with E-state index in [1.165, 1.54) is 11.3 Å². The quantitative estimate of drug-likeness (QED) is 0.690. The maximum absolute atomic E-state index is 12.1. The van der Waals surface area contributed by atoms with Gasteiger partial charge in [0.25, 0.3) is 0 Å². The van der Waals surface area contributed by atoms with E-state index in [0.29, 0.717) is 32.3 Å². The average molecular weight is 285 g/mol. The average Bonchev–Trinajstić information content (AvgIpc) is 3.07. The number of amides is 2. The molecule has 0 saturated carbocycles. The highest BCUT2D eigenvalue weighted by Gasteiger charge is 2.30. The smallest absolute Gasteiger partial charge is 0.416 e. The highest BCUT2D eigenvalue weighted by molar-refractivity contribution is 5.94. The van der Waals surface area contributed by atoms with Crippen molar-refractivity contribution in [1.29, 1.82) is 0 Å². The highest BCUT2D eigenvalue weighted by Crippen LogP contribution is 2.09. The van der Waals surface area contributed by atoms with Crippen LogP contribution in [0.5, 0.6) is 0 Å². The number of rotatable bonds is 7. The van der Waals surface area contributed by atoms with Crippen molar-refractivity contribution in [3.63, 3.8) is 0 Å². The van der Waals surface area contributed by atoms with Crippen molar-refractivity contribution >= 4 is 12.0 Å². The summed E-state index contributed by atoms with van der Waals surface area (Å²) in [6.45, 7) is 3.99. The molecule has 2 heterocycles. The number of nitrogens with one attached hydrogen (secondary N) is 1. The molecular formula is C13H23N3O4. The number of hydrogen-bond acceptors (Lipinski definition) is 6. The van der Waals surface area contributed by atoms with Gasteiger partial charge in [-0.3, -0.25) is 9.69 Å². The van der Waals surface area contributed by atoms with Crippen molar-refractivity contribution < 1.29 is 19.1 Å². The summed E-state index contributed by atoms with van der Waals surface area (Å²) in [6.07, 6.45) is 1.78. The SMILES string of the molecule is COCCN(CC(=O)N1CCOC1=O)CC1CCCN1. The third-order valence-corrected chi connectivity index (χ3v) is 3.67. The second-order valence-corrected chi connectivity index (χ2v) is 5.18. The molecule has 1 N–H and O–H groups in total. The lowest BCUT2D eigenvalue weighted by atomic mass is 10.2. The number of carbonyl (C=O) groups excluding carboxylic acids is 2. The van der Waals surface area contributed by atoms with Crippen LogP contribution in [0.3, 0.4) is 0 Å². The number of ether oxygens (including phenoxy) is 2. The first-order valence-corrected chi connectivity index (χ1v) is 7.12. The molecular weight excluding hydrogens is 262 g/mol. The van der Waals surface area contributed by atoms with Crippen molar-refractivity contribution in [2.45, 2.75) is 18.9 Å². The Hall–Kier alpha value is -1.18. The number of hydrogen-bond donors (Lipinski definition) is 1. The molecule has 0 aromatic heterocycles. The lowest BCUT2D eigenvalue weighted by Crippen LogP contribution is -2.46. The molecule has 0 radical (unpaired) electrons. The Bertz CT molecular complexity index is 345. The fourth-order valence-corrected chi connectivity index (χ4v) is 2.58. The van der Waals surface area contributed by atoms with Crippen LogP contribution in [0.15, 0.2) is 0 Å². The van der Waals surface area contributed by atoms with Crippen LogP contribution in [-0.4, -0.2) is 80.9 Å². The third kappa shape index (κ3) is 4.16. The molecule has 2 aliphatic rings. The first kappa shape index (κ1) is 15.2. The van der Waals surface area contributed by atoms with Crippen LogP contribution < -0.4 is 5.32 Å². The Kier molecular flexibility index (Phi) is 5.75. The molecule has 2 saturated heterocycles. The van der Waals surface area contributed by atoms with E-state index in [0.717, 1.165) is 19.5 Å². The van der Waals surface area contributed by atoms with Gasteiger partial charge in [0, 0.05) is 26.2 Å². The third-order valence-electron chi connectivity index (χ3n) is 3.67. The van der Waals surface area contributed by atoms with Gasteiger partial charge >= 0.3 is 6.09 Å². The van der Waals surface area contributed by atoms with Crippen LogP contribution in [0.25, 0.3) is 0 Å². The number of imide groups is 1. The molecule has 0 spiro atoms. The van der Waals surface area contributed by atoms with E-state index < -0.39 is 6.09 Å². The summed E-state index contributed by atoms with van der Waals surface area (Å²) in [5.74, 6) is -0.193. The van der Waals surface area contributed by atoms with E-state index >= 15 is 0 Å². The Labute approximate surface area is 119 Å². The molecule has 0 aromatic carbocycles. The first-order chi connectivity index (χ1) is 9.70. The monoisotopic (exact) mass is 285 g/mol. The summed E-state index contributed by atoms with van der Waals surface area (Å²) < 4.78 is 9.88. The number of methoxy groups -OCH3 is 1. The lowest BCUT2D eigenvalue weighted by molar-refractivity contribution is -0.129. The van der Waals surface area contributed by atoms with Crippen molar-refractivity contribution in [2.75, 3.05) is 53.0 Å². The fraction of sp³-hybridized carbons (Fsp3) is 0.846. The number of cyclic esters (lactones) is 1. The van der Waals surface area contributed by atoms with Gasteiger partial charge in [0.05, 0.1) is 19.7 Å². The van der Waals surface area contributed by atoms with Crippen LogP contribution in [0.4, 0.5) is 4.79 Å². The fourth-order valence-electron chi connectivity index (χ4n) is 2.58. The minimum Gasteiger partial charge on any atom is -0.447 e. The second kappa shape index (κ2) is 7.56. The Morgan fingerprint density at radius 3 is 3.05 bits per heavy atom. The summed E-state index contributed by atoms with van der Waals surface area (Å²) >= 11 is 0. The molecule has 2 amide bonds. The molecule has 2 fully saturated rings. The van der Waals surface area contributed by atoms with E-state index in [2.05, 4.69) is 5.32 Å². The maximum atomic E-state index is 12.1. The molecule has 7 nitrogen and oxygen atoms in total. The molecule has 0 aliphatic carbocycles. The molecule has 0 bridgehead atoms. The van der Waals surface area contributed by atoms with Crippen molar-refractivity contribution in [2.24, 2.45) is 0 Å². The Morgan fingerprint density at radius 1 is 1.60 bits per heavy atom. The topological polar surface area (TPSA) is 71.1 Å². The molecule has 2 aliphatic heterocycles. The van der Waals surface area contributed by atoms with Gasteiger partial charge in [-0.15, -0.1) is 0 Å². The zero-order valence-electron chi connectivity index (χ0n) is 12.0. The van der Waals surface area contributed by atoms with Gasteiger partial charge in [0.15, 0.2) is 0 Å². The van der Waals surface area contributed by atoms with Gasteiger partial charge in [0.2, 0.25) is 5.91 Å². The van der Waals surface area contributed by atoms with Crippen LogP contribution in [0, 0.1) is 0 Å². The van der Waals surface area contributed by atoms with Crippen molar-refractivity contribution in [3.8, 4) is 0 Å². The largest absolute Gasteiger partial charge is 0.447 e. The van der Waals surface area contributed by atoms with Gasteiger partial charge in [-0.05, 0) is 19.4 Å². The highest BCUT2D eigenvalue weighted by atomic mass is 16.6. The minimum atomic E-state index is -0.527. The zero-order valence-corrected chi connectivity index (χ0v) is 12.0. The summed E-state index contributed by atoms with van der Waals surface area (Å²) in [7, 11) is 1.64. The predicted molar refractivity (Wildman–Crippen MR) is 72.4 cm³/mol. The van der Waals surface area contributed by atoms with E-state index in [4.69, 9.17) is 9.47 Å². The van der Waals surface area contributed by atoms with Crippen molar-refractivity contribution in [1.82, 2.24) is 15.1 Å². The van der Waals surface area contributed by atoms with Crippen LogP contribution in [0.2, 0.25) is 0 Å².